The van der Waals surface area contributed by atoms with Gasteiger partial charge in [0.1, 0.15) is 11.6 Å². The topological polar surface area (TPSA) is 70.8 Å². The Labute approximate surface area is 151 Å². The van der Waals surface area contributed by atoms with E-state index in [1.807, 2.05) is 44.2 Å². The van der Waals surface area contributed by atoms with Crippen molar-refractivity contribution in [2.45, 2.75) is 26.3 Å². The zero-order valence-corrected chi connectivity index (χ0v) is 14.9. The van der Waals surface area contributed by atoms with Gasteiger partial charge in [0.25, 0.3) is 0 Å². The average molecular weight is 355 g/mol. The monoisotopic (exact) mass is 355 g/mol. The van der Waals surface area contributed by atoms with Crippen LogP contribution in [0.25, 0.3) is 11.4 Å². The van der Waals surface area contributed by atoms with Gasteiger partial charge in [-0.3, -0.25) is 14.4 Å². The van der Waals surface area contributed by atoms with Gasteiger partial charge in [-0.15, -0.1) is 0 Å². The van der Waals surface area contributed by atoms with Crippen molar-refractivity contribution in [3.63, 3.8) is 0 Å². The summed E-state index contributed by atoms with van der Waals surface area (Å²) in [5, 5.41) is 11.4. The molecule has 2 atom stereocenters. The third-order valence-electron chi connectivity index (χ3n) is 5.16. The Morgan fingerprint density at radius 2 is 2.04 bits per heavy atom. The molecule has 2 aromatic heterocycles. The van der Waals surface area contributed by atoms with Crippen molar-refractivity contribution in [2.24, 2.45) is 5.92 Å². The van der Waals surface area contributed by atoms with E-state index in [-0.39, 0.29) is 18.5 Å². The van der Waals surface area contributed by atoms with Crippen LogP contribution in [0.2, 0.25) is 0 Å². The molecule has 6 nitrogen and oxygen atoms in total. The van der Waals surface area contributed by atoms with Crippen LogP contribution in [0.3, 0.4) is 0 Å². The van der Waals surface area contributed by atoms with Crippen molar-refractivity contribution in [1.29, 1.82) is 0 Å². The Kier molecular flexibility index (Phi) is 4.55. The van der Waals surface area contributed by atoms with E-state index < -0.39 is 0 Å². The fraction of sp³-hybridized carbons (Fsp3) is 0.421. The largest absolute Gasteiger partial charge is 0.361 e. The van der Waals surface area contributed by atoms with Gasteiger partial charge in [-0.25, -0.2) is 4.98 Å². The number of H-pyrrole nitrogens is 1. The number of alkyl halides is 1. The van der Waals surface area contributed by atoms with E-state index in [9.17, 15) is 4.39 Å². The van der Waals surface area contributed by atoms with Crippen molar-refractivity contribution >= 4 is 0 Å². The Morgan fingerprint density at radius 3 is 2.73 bits per heavy atom. The van der Waals surface area contributed by atoms with Gasteiger partial charge in [-0.2, -0.15) is 5.10 Å². The molecule has 1 fully saturated rings. The number of aryl methyl sites for hydroxylation is 2. The predicted molar refractivity (Wildman–Crippen MR) is 95.3 cm³/mol. The number of aromatic amines is 1. The molecule has 0 radical (unpaired) electrons. The highest BCUT2D eigenvalue weighted by atomic mass is 19.1. The molecule has 1 aliphatic rings. The molecule has 7 heteroatoms. The lowest BCUT2D eigenvalue weighted by Crippen LogP contribution is -2.21. The van der Waals surface area contributed by atoms with Gasteiger partial charge in [0, 0.05) is 42.6 Å². The summed E-state index contributed by atoms with van der Waals surface area (Å²) >= 11 is 0. The number of halogens is 1. The van der Waals surface area contributed by atoms with E-state index in [1.54, 1.807) is 0 Å². The van der Waals surface area contributed by atoms with E-state index in [2.05, 4.69) is 25.2 Å². The number of hydrogen-bond donors (Lipinski definition) is 1. The summed E-state index contributed by atoms with van der Waals surface area (Å²) in [4.78, 5) is 6.88. The highest BCUT2D eigenvalue weighted by Crippen LogP contribution is 2.33. The van der Waals surface area contributed by atoms with Crippen LogP contribution in [0.5, 0.6) is 0 Å². The summed E-state index contributed by atoms with van der Waals surface area (Å²) < 4.78 is 18.9. The van der Waals surface area contributed by atoms with Gasteiger partial charge in [-0.1, -0.05) is 35.5 Å². The number of likely N-dealkylation sites (tertiary alicyclic amines) is 1. The number of rotatable bonds is 5. The van der Waals surface area contributed by atoms with Crippen molar-refractivity contribution in [3.8, 4) is 11.4 Å². The van der Waals surface area contributed by atoms with Crippen LogP contribution >= 0.6 is 0 Å². The lowest BCUT2D eigenvalue weighted by molar-refractivity contribution is 0.293. The SMILES string of the molecule is Cc1noc(C)c1CN1C[C@@H](CF)[C@H](c2nc(-c3ccccc3)n[nH]2)C1. The molecule has 1 aliphatic heterocycles. The van der Waals surface area contributed by atoms with Gasteiger partial charge in [0.15, 0.2) is 5.82 Å². The van der Waals surface area contributed by atoms with Crippen molar-refractivity contribution in [3.05, 3.63) is 53.2 Å². The third kappa shape index (κ3) is 3.14. The smallest absolute Gasteiger partial charge is 0.181 e. The number of aromatic nitrogens is 4. The molecule has 0 unspecified atom stereocenters. The highest BCUT2D eigenvalue weighted by Gasteiger charge is 2.36. The molecule has 0 saturated carbocycles. The van der Waals surface area contributed by atoms with E-state index in [0.29, 0.717) is 18.9 Å². The summed E-state index contributed by atoms with van der Waals surface area (Å²) in [6.45, 7) is 5.62. The molecule has 1 saturated heterocycles. The first-order valence-corrected chi connectivity index (χ1v) is 8.83. The molecule has 0 amide bonds. The van der Waals surface area contributed by atoms with Gasteiger partial charge in [-0.05, 0) is 13.8 Å². The number of benzene rings is 1. The van der Waals surface area contributed by atoms with Crippen molar-refractivity contribution in [1.82, 2.24) is 25.2 Å². The Bertz CT molecular complexity index is 856. The maximum atomic E-state index is 13.7. The van der Waals surface area contributed by atoms with E-state index in [4.69, 9.17) is 4.52 Å². The second-order valence-corrected chi connectivity index (χ2v) is 6.93. The molecule has 3 aromatic rings. The first-order chi connectivity index (χ1) is 12.7. The van der Waals surface area contributed by atoms with Crippen LogP contribution in [-0.2, 0) is 6.54 Å². The summed E-state index contributed by atoms with van der Waals surface area (Å²) in [5.41, 5.74) is 2.94. The molecule has 1 N–H and O–H groups in total. The van der Waals surface area contributed by atoms with Crippen LogP contribution in [-0.4, -0.2) is 45.0 Å². The zero-order chi connectivity index (χ0) is 18.1. The van der Waals surface area contributed by atoms with E-state index >= 15 is 0 Å². The minimum Gasteiger partial charge on any atom is -0.361 e. The molecule has 3 heterocycles. The van der Waals surface area contributed by atoms with Crippen LogP contribution in [0.4, 0.5) is 4.39 Å². The fourth-order valence-corrected chi connectivity index (χ4v) is 3.66. The molecular formula is C19H22FN5O. The normalized spacial score (nSPS) is 20.7. The van der Waals surface area contributed by atoms with Crippen LogP contribution in [0, 0.1) is 19.8 Å². The molecule has 0 aliphatic carbocycles. The van der Waals surface area contributed by atoms with Crippen LogP contribution in [0.1, 0.15) is 28.8 Å². The van der Waals surface area contributed by atoms with Gasteiger partial charge < -0.3 is 4.52 Å². The standard InChI is InChI=1S/C19H22FN5O/c1-12-16(13(2)26-24-12)10-25-9-15(8-20)17(11-25)19-21-18(22-23-19)14-6-4-3-5-7-14/h3-7,15,17H,8-11H2,1-2H3,(H,21,22,23)/t15-,17-/m1/s1. The maximum absolute atomic E-state index is 13.7. The van der Waals surface area contributed by atoms with Gasteiger partial charge in [0.05, 0.1) is 12.4 Å². The van der Waals surface area contributed by atoms with Crippen LogP contribution < -0.4 is 0 Å². The second-order valence-electron chi connectivity index (χ2n) is 6.93. The Morgan fingerprint density at radius 1 is 1.23 bits per heavy atom. The first-order valence-electron chi connectivity index (χ1n) is 8.83. The number of nitrogens with zero attached hydrogens (tertiary/aromatic N) is 4. The maximum Gasteiger partial charge on any atom is 0.181 e. The summed E-state index contributed by atoms with van der Waals surface area (Å²) in [5.74, 6) is 2.15. The summed E-state index contributed by atoms with van der Waals surface area (Å²) in [6, 6.07) is 9.81. The molecule has 26 heavy (non-hydrogen) atoms. The van der Waals surface area contributed by atoms with Gasteiger partial charge >= 0.3 is 0 Å². The first kappa shape index (κ1) is 16.9. The van der Waals surface area contributed by atoms with E-state index in [0.717, 1.165) is 35.0 Å². The van der Waals surface area contributed by atoms with Crippen molar-refractivity contribution < 1.29 is 8.91 Å². The zero-order valence-electron chi connectivity index (χ0n) is 14.9. The van der Waals surface area contributed by atoms with Crippen LogP contribution in [0.15, 0.2) is 34.9 Å². The molecule has 0 spiro atoms. The lowest BCUT2D eigenvalue weighted by atomic mass is 9.97. The molecular weight excluding hydrogens is 333 g/mol. The minimum atomic E-state index is -0.371. The summed E-state index contributed by atoms with van der Waals surface area (Å²) in [7, 11) is 0. The lowest BCUT2D eigenvalue weighted by Gasteiger charge is -2.14. The second kappa shape index (κ2) is 6.99. The Hall–Kier alpha value is -2.54. The van der Waals surface area contributed by atoms with Crippen molar-refractivity contribution in [2.75, 3.05) is 19.8 Å². The highest BCUT2D eigenvalue weighted by molar-refractivity contribution is 5.53. The third-order valence-corrected chi connectivity index (χ3v) is 5.16. The minimum absolute atomic E-state index is 0.00503. The molecule has 0 bridgehead atoms. The molecule has 136 valence electrons. The quantitative estimate of drug-likeness (QED) is 0.761. The average Bonchev–Trinajstić information content (AvgIpc) is 3.37. The molecule has 1 aromatic carbocycles. The fourth-order valence-electron chi connectivity index (χ4n) is 3.66. The predicted octanol–water partition coefficient (Wildman–Crippen LogP) is 3.26. The van der Waals surface area contributed by atoms with E-state index in [1.165, 1.54) is 0 Å². The van der Waals surface area contributed by atoms with Gasteiger partial charge in [0.2, 0.25) is 0 Å². The molecule has 4 rings (SSSR count). The number of nitrogens with one attached hydrogen (secondary N) is 1. The Balaban J connectivity index is 1.52. The number of hydrogen-bond acceptors (Lipinski definition) is 5. The summed E-state index contributed by atoms with van der Waals surface area (Å²) in [6.07, 6.45) is 0.